The molecular weight excluding hydrogens is 372 g/mol. The highest BCUT2D eigenvalue weighted by atomic mass is 35.5. The van der Waals surface area contributed by atoms with Crippen LogP contribution in [-0.4, -0.2) is 16.5 Å². The van der Waals surface area contributed by atoms with Crippen molar-refractivity contribution in [3.63, 3.8) is 0 Å². The van der Waals surface area contributed by atoms with Gasteiger partial charge in [-0.15, -0.1) is 0 Å². The third kappa shape index (κ3) is 3.51. The van der Waals surface area contributed by atoms with Gasteiger partial charge in [0.15, 0.2) is 0 Å². The van der Waals surface area contributed by atoms with Gasteiger partial charge in [0, 0.05) is 20.8 Å². The summed E-state index contributed by atoms with van der Waals surface area (Å²) >= 11 is 6.06. The molecule has 1 N–H and O–H groups in total. The van der Waals surface area contributed by atoms with Gasteiger partial charge in [-0.1, -0.05) is 71.8 Å². The van der Waals surface area contributed by atoms with Crippen molar-refractivity contribution in [3.05, 3.63) is 105 Å². The van der Waals surface area contributed by atoms with Crippen LogP contribution in [0.5, 0.6) is 0 Å². The number of para-hydroxylation sites is 1. The molecule has 5 heteroatoms. The minimum Gasteiger partial charge on any atom is -0.354 e. The molecule has 1 aromatic heterocycles. The van der Waals surface area contributed by atoms with Crippen molar-refractivity contribution in [2.24, 2.45) is 0 Å². The van der Waals surface area contributed by atoms with E-state index in [0.29, 0.717) is 5.02 Å². The molecule has 0 fully saturated rings. The van der Waals surface area contributed by atoms with Gasteiger partial charge < -0.3 is 4.98 Å². The van der Waals surface area contributed by atoms with E-state index in [1.54, 1.807) is 0 Å². The second-order valence-corrected chi connectivity index (χ2v) is 7.38. The first-order valence-corrected chi connectivity index (χ1v) is 9.45. The lowest BCUT2D eigenvalue weighted by atomic mass is 9.87. The maximum atomic E-state index is 11.6. The highest BCUT2D eigenvalue weighted by Gasteiger charge is 2.27. The number of nitrogens with zero attached hydrogens (tertiary/aromatic N) is 1. The number of nitrogens with one attached hydrogen (secondary N) is 1. The Morgan fingerprint density at radius 2 is 1.68 bits per heavy atom. The monoisotopic (exact) mass is 390 g/mol. The highest BCUT2D eigenvalue weighted by Crippen LogP contribution is 2.39. The predicted octanol–water partition coefficient (Wildman–Crippen LogP) is 6.21. The first-order chi connectivity index (χ1) is 13.5. The van der Waals surface area contributed by atoms with Gasteiger partial charge in [0.05, 0.1) is 11.6 Å². The quantitative estimate of drug-likeness (QED) is 0.325. The van der Waals surface area contributed by atoms with Gasteiger partial charge in [0.25, 0.3) is 0 Å². The molecule has 3 aromatic carbocycles. The largest absolute Gasteiger partial charge is 0.354 e. The molecule has 0 amide bonds. The number of benzene rings is 3. The van der Waals surface area contributed by atoms with Crippen LogP contribution >= 0.6 is 11.6 Å². The van der Waals surface area contributed by atoms with Crippen LogP contribution < -0.4 is 0 Å². The minimum absolute atomic E-state index is 0.175. The van der Waals surface area contributed by atoms with Crippen molar-refractivity contribution in [1.29, 1.82) is 0 Å². The Kier molecular flexibility index (Phi) is 4.88. The number of rotatable bonds is 5. The van der Waals surface area contributed by atoms with Crippen molar-refractivity contribution in [1.82, 2.24) is 4.98 Å². The second-order valence-electron chi connectivity index (χ2n) is 6.94. The molecule has 0 radical (unpaired) electrons. The van der Waals surface area contributed by atoms with Crippen LogP contribution in [0, 0.1) is 17.0 Å². The smallest absolute Gasteiger partial charge is 0.214 e. The topological polar surface area (TPSA) is 58.9 Å². The molecule has 0 saturated heterocycles. The zero-order valence-electron chi connectivity index (χ0n) is 15.4. The molecule has 0 aliphatic rings. The van der Waals surface area contributed by atoms with Gasteiger partial charge in [0.2, 0.25) is 6.54 Å². The minimum atomic E-state index is -0.363. The van der Waals surface area contributed by atoms with E-state index in [-0.39, 0.29) is 17.4 Å². The molecule has 0 aliphatic heterocycles. The summed E-state index contributed by atoms with van der Waals surface area (Å²) in [5.41, 5.74) is 5.81. The molecule has 140 valence electrons. The molecule has 4 nitrogen and oxygen atoms in total. The SMILES string of the molecule is Cc1ccc([C@H](C[N+](=O)[O-])c2c(-c3ccc(Cl)cc3)[nH]c3ccccc23)cc1. The first-order valence-electron chi connectivity index (χ1n) is 9.08. The number of aromatic nitrogens is 1. The summed E-state index contributed by atoms with van der Waals surface area (Å²) in [5.74, 6) is -0.363. The number of aryl methyl sites for hydroxylation is 1. The molecule has 0 bridgehead atoms. The van der Waals surface area contributed by atoms with Crippen LogP contribution in [0.2, 0.25) is 5.02 Å². The average molecular weight is 391 g/mol. The molecule has 0 aliphatic carbocycles. The Balaban J connectivity index is 1.97. The molecule has 0 spiro atoms. The molecular formula is C23H19ClN2O2. The number of aromatic amines is 1. The number of fused-ring (bicyclic) bond motifs is 1. The van der Waals surface area contributed by atoms with E-state index in [4.69, 9.17) is 11.6 Å². The zero-order chi connectivity index (χ0) is 19.7. The van der Waals surface area contributed by atoms with E-state index in [9.17, 15) is 10.1 Å². The summed E-state index contributed by atoms with van der Waals surface area (Å²) in [6, 6.07) is 23.4. The molecule has 0 saturated carbocycles. The zero-order valence-corrected chi connectivity index (χ0v) is 16.1. The van der Waals surface area contributed by atoms with Crippen molar-refractivity contribution in [2.45, 2.75) is 12.8 Å². The Morgan fingerprint density at radius 1 is 1.00 bits per heavy atom. The molecule has 28 heavy (non-hydrogen) atoms. The Hall–Kier alpha value is -3.11. The average Bonchev–Trinajstić information content (AvgIpc) is 3.06. The number of halogens is 1. The lowest BCUT2D eigenvalue weighted by Crippen LogP contribution is -2.14. The Labute approximate surface area is 167 Å². The molecule has 1 atom stereocenters. The number of nitro groups is 1. The first kappa shape index (κ1) is 18.3. The normalized spacial score (nSPS) is 12.2. The van der Waals surface area contributed by atoms with Gasteiger partial charge in [-0.2, -0.15) is 0 Å². The predicted molar refractivity (Wildman–Crippen MR) is 114 cm³/mol. The third-order valence-corrected chi connectivity index (χ3v) is 5.29. The van der Waals surface area contributed by atoms with Gasteiger partial charge in [-0.3, -0.25) is 10.1 Å². The summed E-state index contributed by atoms with van der Waals surface area (Å²) in [4.78, 5) is 14.8. The van der Waals surface area contributed by atoms with Crippen molar-refractivity contribution in [3.8, 4) is 11.3 Å². The molecule has 4 rings (SSSR count). The lowest BCUT2D eigenvalue weighted by Gasteiger charge is -2.16. The van der Waals surface area contributed by atoms with Crippen LogP contribution in [-0.2, 0) is 0 Å². The van der Waals surface area contributed by atoms with Crippen LogP contribution in [0.1, 0.15) is 22.6 Å². The van der Waals surface area contributed by atoms with Crippen LogP contribution in [0.25, 0.3) is 22.2 Å². The van der Waals surface area contributed by atoms with E-state index < -0.39 is 0 Å². The van der Waals surface area contributed by atoms with E-state index in [0.717, 1.165) is 38.9 Å². The van der Waals surface area contributed by atoms with Gasteiger partial charge in [-0.05, 0) is 41.8 Å². The standard InChI is InChI=1S/C23H19ClN2O2/c1-15-6-8-16(9-7-15)20(14-26(27)28)22-19-4-2-3-5-21(19)25-23(22)17-10-12-18(24)13-11-17/h2-13,20,25H,14H2,1H3/t20-/m0/s1. The summed E-state index contributed by atoms with van der Waals surface area (Å²) in [5, 5.41) is 13.2. The van der Waals surface area contributed by atoms with Crippen molar-refractivity contribution < 1.29 is 4.92 Å². The van der Waals surface area contributed by atoms with Gasteiger partial charge in [0.1, 0.15) is 0 Å². The Morgan fingerprint density at radius 3 is 2.36 bits per heavy atom. The summed E-state index contributed by atoms with van der Waals surface area (Å²) in [6.45, 7) is 1.84. The lowest BCUT2D eigenvalue weighted by molar-refractivity contribution is -0.481. The maximum Gasteiger partial charge on any atom is 0.214 e. The fraction of sp³-hybridized carbons (Fsp3) is 0.130. The number of hydrogen-bond acceptors (Lipinski definition) is 2. The second kappa shape index (κ2) is 7.49. The molecule has 1 heterocycles. The highest BCUT2D eigenvalue weighted by molar-refractivity contribution is 6.30. The van der Waals surface area contributed by atoms with Crippen LogP contribution in [0.3, 0.4) is 0 Å². The Bertz CT molecular complexity index is 1130. The van der Waals surface area contributed by atoms with E-state index in [2.05, 4.69) is 4.98 Å². The van der Waals surface area contributed by atoms with E-state index >= 15 is 0 Å². The fourth-order valence-electron chi connectivity index (χ4n) is 3.68. The third-order valence-electron chi connectivity index (χ3n) is 5.04. The maximum absolute atomic E-state index is 11.6. The molecule has 4 aromatic rings. The number of hydrogen-bond donors (Lipinski definition) is 1. The summed E-state index contributed by atoms with van der Waals surface area (Å²) in [6.07, 6.45) is 0. The van der Waals surface area contributed by atoms with Gasteiger partial charge >= 0.3 is 0 Å². The molecule has 0 unspecified atom stereocenters. The summed E-state index contributed by atoms with van der Waals surface area (Å²) < 4.78 is 0. The number of H-pyrrole nitrogens is 1. The van der Waals surface area contributed by atoms with E-state index in [1.165, 1.54) is 0 Å². The van der Waals surface area contributed by atoms with Gasteiger partial charge in [-0.25, -0.2) is 0 Å². The van der Waals surface area contributed by atoms with Crippen molar-refractivity contribution in [2.75, 3.05) is 6.54 Å². The van der Waals surface area contributed by atoms with Crippen LogP contribution in [0.15, 0.2) is 72.8 Å². The summed E-state index contributed by atoms with van der Waals surface area (Å²) in [7, 11) is 0. The van der Waals surface area contributed by atoms with E-state index in [1.807, 2.05) is 79.7 Å². The van der Waals surface area contributed by atoms with Crippen LogP contribution in [0.4, 0.5) is 0 Å². The van der Waals surface area contributed by atoms with Crippen molar-refractivity contribution >= 4 is 22.5 Å². The fourth-order valence-corrected chi connectivity index (χ4v) is 3.81.